The van der Waals surface area contributed by atoms with E-state index in [1.54, 1.807) is 12.4 Å². The summed E-state index contributed by atoms with van der Waals surface area (Å²) in [5.41, 5.74) is 4.72. The summed E-state index contributed by atoms with van der Waals surface area (Å²) in [7, 11) is 2.00. The zero-order valence-corrected chi connectivity index (χ0v) is 24.4. The number of hydrogen-bond acceptors (Lipinski definition) is 7. The van der Waals surface area contributed by atoms with Gasteiger partial charge in [0.1, 0.15) is 17.2 Å². The quantitative estimate of drug-likeness (QED) is 0.177. The maximum Gasteiger partial charge on any atom is 0.145 e. The Hall–Kier alpha value is -4.65. The maximum absolute atomic E-state index is 5.99. The average molecular weight is 713 g/mol. The van der Waals surface area contributed by atoms with Crippen LogP contribution in [0.2, 0.25) is 0 Å². The smallest absolute Gasteiger partial charge is 0.145 e. The van der Waals surface area contributed by atoms with Crippen molar-refractivity contribution in [1.29, 1.82) is 0 Å². The minimum absolute atomic E-state index is 0. The molecule has 0 atom stereocenters. The van der Waals surface area contributed by atoms with Gasteiger partial charge in [-0.15, -0.1) is 12.4 Å². The Bertz CT molecular complexity index is 1740. The molecule has 4 aromatic carbocycles. The number of fused-ring (bicyclic) bond motifs is 4. The van der Waals surface area contributed by atoms with Crippen LogP contribution in [0.4, 0.5) is 28.7 Å². The molecule has 1 radical (unpaired) electrons. The van der Waals surface area contributed by atoms with Gasteiger partial charge in [-0.05, 0) is 37.6 Å². The zero-order chi connectivity index (χ0) is 26.9. The Balaban J connectivity index is 0.000000145. The molecule has 41 heavy (non-hydrogen) atoms. The van der Waals surface area contributed by atoms with Crippen LogP contribution in [0.15, 0.2) is 120 Å². The molecular formula is C33H24IrN6O-4. The number of para-hydroxylation sites is 3. The standard InChI is InChI=1S/C17H12N4.C16H12N2O.Ir/c1-3-7-14(8-4-1)20-13-21(15-9-5-2-6-10-15)17-16(20)18-11-12-19-17;1-17-9-10-18(11-17)14-7-4-6-13-12-5-2-3-8-15(12)19-16(13)14;/h1-9,11-13H;2-6,8-11H,1H3;/q2*-2;. The molecule has 0 N–H and O–H groups in total. The molecule has 7 nitrogen and oxygen atoms in total. The molecule has 2 aliphatic heterocycles. The molecule has 0 saturated heterocycles. The van der Waals surface area contributed by atoms with Crippen molar-refractivity contribution in [3.8, 4) is 0 Å². The average Bonchev–Trinajstić information content (AvgIpc) is 3.73. The third-order valence-corrected chi connectivity index (χ3v) is 6.68. The van der Waals surface area contributed by atoms with Crippen LogP contribution in [0.1, 0.15) is 0 Å². The van der Waals surface area contributed by atoms with Crippen molar-refractivity contribution in [1.82, 2.24) is 14.9 Å². The molecule has 8 heteroatoms. The molecule has 6 aromatic rings. The second kappa shape index (κ2) is 11.5. The molecule has 0 aliphatic carbocycles. The van der Waals surface area contributed by atoms with Crippen LogP contribution in [0.25, 0.3) is 21.9 Å². The third kappa shape index (κ3) is 5.04. The van der Waals surface area contributed by atoms with Gasteiger partial charge in [-0.1, -0.05) is 47.5 Å². The fraction of sp³-hybridized carbons (Fsp3) is 0.0303. The molecule has 0 fully saturated rings. The maximum atomic E-state index is 5.99. The summed E-state index contributed by atoms with van der Waals surface area (Å²) in [4.78, 5) is 17.0. The van der Waals surface area contributed by atoms with E-state index >= 15 is 0 Å². The molecule has 8 rings (SSSR count). The number of nitrogens with zero attached hydrogens (tertiary/aromatic N) is 6. The number of aromatic nitrogens is 2. The summed E-state index contributed by atoms with van der Waals surface area (Å²) in [6.07, 6.45) is 7.41. The summed E-state index contributed by atoms with van der Waals surface area (Å²) < 4.78 is 5.99. The van der Waals surface area contributed by atoms with Gasteiger partial charge < -0.3 is 24.0 Å². The van der Waals surface area contributed by atoms with Gasteiger partial charge in [0.25, 0.3) is 0 Å². The Morgan fingerprint density at radius 3 is 2.22 bits per heavy atom. The Kier molecular flexibility index (Phi) is 7.42. The first-order chi connectivity index (χ1) is 19.8. The largest absolute Gasteiger partial charge is 0.514 e. The first-order valence-electron chi connectivity index (χ1n) is 12.9. The van der Waals surface area contributed by atoms with Crippen LogP contribution >= 0.6 is 0 Å². The van der Waals surface area contributed by atoms with Gasteiger partial charge in [-0.2, -0.15) is 55.2 Å². The van der Waals surface area contributed by atoms with E-state index in [0.717, 1.165) is 50.6 Å². The molecule has 0 saturated carbocycles. The van der Waals surface area contributed by atoms with Crippen LogP contribution in [0, 0.1) is 25.5 Å². The molecule has 205 valence electrons. The molecule has 0 unspecified atom stereocenters. The van der Waals surface area contributed by atoms with Gasteiger partial charge in [0.2, 0.25) is 0 Å². The van der Waals surface area contributed by atoms with E-state index in [0.29, 0.717) is 0 Å². The van der Waals surface area contributed by atoms with Crippen molar-refractivity contribution in [3.63, 3.8) is 0 Å². The first kappa shape index (κ1) is 26.6. The topological polar surface area (TPSA) is 51.9 Å². The summed E-state index contributed by atoms with van der Waals surface area (Å²) in [5.74, 6) is 1.63. The van der Waals surface area contributed by atoms with Crippen LogP contribution < -0.4 is 14.7 Å². The Morgan fingerprint density at radius 2 is 1.46 bits per heavy atom. The minimum Gasteiger partial charge on any atom is -0.514 e. The Labute approximate surface area is 252 Å². The van der Waals surface area contributed by atoms with Gasteiger partial charge >= 0.3 is 0 Å². The van der Waals surface area contributed by atoms with Gasteiger partial charge in [0.15, 0.2) is 0 Å². The fourth-order valence-electron chi connectivity index (χ4n) is 4.83. The third-order valence-electron chi connectivity index (χ3n) is 6.68. The number of anilines is 5. The summed E-state index contributed by atoms with van der Waals surface area (Å²) >= 11 is 0. The summed E-state index contributed by atoms with van der Waals surface area (Å²) in [6, 6.07) is 36.5. The van der Waals surface area contributed by atoms with Gasteiger partial charge in [0.05, 0.1) is 0 Å². The van der Waals surface area contributed by atoms with Crippen LogP contribution in [0.5, 0.6) is 0 Å². The van der Waals surface area contributed by atoms with Crippen molar-refractivity contribution >= 4 is 50.6 Å². The van der Waals surface area contributed by atoms with E-state index in [-0.39, 0.29) is 20.1 Å². The predicted molar refractivity (Wildman–Crippen MR) is 159 cm³/mol. The van der Waals surface area contributed by atoms with Crippen LogP contribution in [0.3, 0.4) is 0 Å². The van der Waals surface area contributed by atoms with Crippen molar-refractivity contribution in [2.24, 2.45) is 0 Å². The number of benzene rings is 4. The van der Waals surface area contributed by atoms with Crippen molar-refractivity contribution in [2.45, 2.75) is 0 Å². The monoisotopic (exact) mass is 713 g/mol. The summed E-state index contributed by atoms with van der Waals surface area (Å²) in [5, 5.41) is 2.27. The zero-order valence-electron chi connectivity index (χ0n) is 22.0. The van der Waals surface area contributed by atoms with E-state index in [9.17, 15) is 0 Å². The van der Waals surface area contributed by atoms with E-state index in [1.807, 2.05) is 137 Å². The molecule has 0 amide bonds. The van der Waals surface area contributed by atoms with Gasteiger partial charge in [0, 0.05) is 49.2 Å². The van der Waals surface area contributed by atoms with Crippen molar-refractivity contribution in [2.75, 3.05) is 21.7 Å². The Morgan fingerprint density at radius 1 is 0.707 bits per heavy atom. The SMILES string of the molecule is CN1C=CN(c2[c-]ccc3c2oc2ccccc23)[CH-]1.[Ir].[c-]1ccccc1N1[CH-]N(c2ccccc2)c2nccnc21. The van der Waals surface area contributed by atoms with Gasteiger partial charge in [-0.3, -0.25) is 0 Å². The normalized spacial score (nSPS) is 13.8. The molecule has 4 heterocycles. The minimum atomic E-state index is 0. The van der Waals surface area contributed by atoms with Gasteiger partial charge in [-0.25, -0.2) is 9.97 Å². The molecule has 0 bridgehead atoms. The van der Waals surface area contributed by atoms with Crippen molar-refractivity contribution < 1.29 is 24.5 Å². The second-order valence-electron chi connectivity index (χ2n) is 9.30. The molecule has 0 spiro atoms. The molecular weight excluding hydrogens is 689 g/mol. The van der Waals surface area contributed by atoms with Crippen LogP contribution in [-0.2, 0) is 20.1 Å². The number of furan rings is 1. The van der Waals surface area contributed by atoms with E-state index in [4.69, 9.17) is 4.42 Å². The summed E-state index contributed by atoms with van der Waals surface area (Å²) in [6.45, 7) is 3.99. The van der Waals surface area contributed by atoms with E-state index in [1.165, 1.54) is 0 Å². The first-order valence-corrected chi connectivity index (χ1v) is 12.9. The second-order valence-corrected chi connectivity index (χ2v) is 9.30. The number of rotatable bonds is 3. The van der Waals surface area contributed by atoms with Crippen LogP contribution in [-0.4, -0.2) is 21.9 Å². The predicted octanol–water partition coefficient (Wildman–Crippen LogP) is 7.41. The van der Waals surface area contributed by atoms with E-state index < -0.39 is 0 Å². The van der Waals surface area contributed by atoms with Crippen molar-refractivity contribution in [3.05, 3.63) is 141 Å². The fourth-order valence-corrected chi connectivity index (χ4v) is 4.83. The number of hydrogen-bond donors (Lipinski definition) is 0. The van der Waals surface area contributed by atoms with E-state index in [2.05, 4.69) is 28.2 Å². The molecule has 2 aromatic heterocycles. The molecule has 2 aliphatic rings.